The lowest BCUT2D eigenvalue weighted by atomic mass is 9.91. The Morgan fingerprint density at radius 1 is 0.731 bits per heavy atom. The molecule has 2 aliphatic rings. The number of aromatic nitrogens is 3. The van der Waals surface area contributed by atoms with Crippen molar-refractivity contribution in [3.63, 3.8) is 0 Å². The molecule has 0 spiro atoms. The molecule has 7 aromatic rings. The molecule has 9 rings (SSSR count). The van der Waals surface area contributed by atoms with Crippen LogP contribution in [0.4, 0.5) is 0 Å². The average molecular weight is 672 g/mol. The Hall–Kier alpha value is -6.19. The molecule has 3 heteroatoms. The van der Waals surface area contributed by atoms with Crippen molar-refractivity contribution >= 4 is 44.2 Å². The van der Waals surface area contributed by atoms with Gasteiger partial charge in [0, 0.05) is 45.9 Å². The van der Waals surface area contributed by atoms with Crippen LogP contribution in [-0.2, 0) is 0 Å². The van der Waals surface area contributed by atoms with Gasteiger partial charge in [-0.05, 0) is 101 Å². The molecular weight excluding hydrogens is 631 g/mol. The summed E-state index contributed by atoms with van der Waals surface area (Å²) in [6, 6.07) is 36.1. The van der Waals surface area contributed by atoms with E-state index in [1.54, 1.807) is 0 Å². The zero-order chi connectivity index (χ0) is 35.0. The lowest BCUT2D eigenvalue weighted by Gasteiger charge is -2.18. The first-order valence-electron chi connectivity index (χ1n) is 18.4. The first-order valence-corrected chi connectivity index (χ1v) is 18.4. The quantitative estimate of drug-likeness (QED) is 0.161. The van der Waals surface area contributed by atoms with E-state index < -0.39 is 0 Å². The summed E-state index contributed by atoms with van der Waals surface area (Å²) in [5.41, 5.74) is 12.0. The van der Waals surface area contributed by atoms with Crippen LogP contribution in [0, 0.1) is 6.92 Å². The smallest absolute Gasteiger partial charge is 0.0741 e. The van der Waals surface area contributed by atoms with Crippen LogP contribution in [0.3, 0.4) is 0 Å². The average Bonchev–Trinajstić information content (AvgIpc) is 3.41. The van der Waals surface area contributed by atoms with E-state index in [1.165, 1.54) is 66.1 Å². The summed E-state index contributed by atoms with van der Waals surface area (Å²) in [7, 11) is 0. The molecule has 0 fully saturated rings. The molecule has 52 heavy (non-hydrogen) atoms. The van der Waals surface area contributed by atoms with Crippen molar-refractivity contribution in [1.29, 1.82) is 0 Å². The fraction of sp³-hybridized carbons (Fsp3) is 0.122. The standard InChI is InChI=1S/C49H41N3/c1-3-17-47-46(33-50-52(47)41-23-13-6-7-14-24-41)49-34(2)51(48-32-44-38(31-45(48)49)27-26-37-22-15-16-25-43(37)44)42-29-39(35-18-9-4-5-10-19-35)28-40(30-42)36-20-11-8-12-21-36/h3-9,11-18,20-23,25-33,35H,10,19,24H2,1-2H3/b17-3-. The highest BCUT2D eigenvalue weighted by Gasteiger charge is 2.24. The van der Waals surface area contributed by atoms with Gasteiger partial charge in [-0.1, -0.05) is 127 Å². The number of benzene rings is 5. The summed E-state index contributed by atoms with van der Waals surface area (Å²) < 4.78 is 4.63. The minimum absolute atomic E-state index is 0.333. The van der Waals surface area contributed by atoms with Crippen LogP contribution >= 0.6 is 0 Å². The van der Waals surface area contributed by atoms with E-state index in [0.29, 0.717) is 5.92 Å². The van der Waals surface area contributed by atoms with Crippen LogP contribution in [0.15, 0.2) is 164 Å². The zero-order valence-electron chi connectivity index (χ0n) is 29.7. The molecule has 1 atom stereocenters. The monoisotopic (exact) mass is 671 g/mol. The third kappa shape index (κ3) is 5.59. The number of allylic oxidation sites excluding steroid dienone is 11. The third-order valence-corrected chi connectivity index (χ3v) is 10.7. The Morgan fingerprint density at radius 2 is 1.58 bits per heavy atom. The van der Waals surface area contributed by atoms with Gasteiger partial charge in [-0.2, -0.15) is 5.10 Å². The first kappa shape index (κ1) is 31.8. The van der Waals surface area contributed by atoms with Crippen molar-refractivity contribution in [3.8, 4) is 27.9 Å². The van der Waals surface area contributed by atoms with Crippen LogP contribution in [0.2, 0.25) is 0 Å². The van der Waals surface area contributed by atoms with Gasteiger partial charge in [0.2, 0.25) is 0 Å². The SMILES string of the molecule is C/C=C\c1c(-c2c(C)n(-c3cc(-c4ccccc4)cc(C4C=CC=CCC4)c3)c3cc4c(ccc5ccccc54)cc23)cnn1C1=CC=CC=CC1. The van der Waals surface area contributed by atoms with E-state index in [1.807, 2.05) is 0 Å². The molecule has 252 valence electrons. The Morgan fingerprint density at radius 3 is 2.48 bits per heavy atom. The van der Waals surface area contributed by atoms with Gasteiger partial charge in [0.15, 0.2) is 0 Å². The number of rotatable bonds is 6. The Kier molecular flexibility index (Phi) is 8.25. The van der Waals surface area contributed by atoms with E-state index in [-0.39, 0.29) is 0 Å². The van der Waals surface area contributed by atoms with Gasteiger partial charge < -0.3 is 4.57 Å². The molecule has 0 aliphatic heterocycles. The zero-order valence-corrected chi connectivity index (χ0v) is 29.7. The van der Waals surface area contributed by atoms with Crippen molar-refractivity contribution in [3.05, 3.63) is 181 Å². The molecule has 2 aromatic heterocycles. The molecule has 0 N–H and O–H groups in total. The minimum Gasteiger partial charge on any atom is -0.313 e. The first-order chi connectivity index (χ1) is 25.7. The van der Waals surface area contributed by atoms with E-state index in [2.05, 4.69) is 193 Å². The van der Waals surface area contributed by atoms with Gasteiger partial charge in [0.1, 0.15) is 0 Å². The summed E-state index contributed by atoms with van der Waals surface area (Å²) in [6.45, 7) is 4.38. The Balaban J connectivity index is 1.36. The second-order valence-corrected chi connectivity index (χ2v) is 13.9. The number of fused-ring (bicyclic) bond motifs is 4. The van der Waals surface area contributed by atoms with Crippen LogP contribution in [0.25, 0.3) is 72.2 Å². The predicted molar refractivity (Wildman–Crippen MR) is 222 cm³/mol. The molecule has 0 radical (unpaired) electrons. The van der Waals surface area contributed by atoms with Gasteiger partial charge in [-0.15, -0.1) is 0 Å². The number of hydrogen-bond acceptors (Lipinski definition) is 1. The van der Waals surface area contributed by atoms with Crippen molar-refractivity contribution < 1.29 is 0 Å². The molecule has 0 amide bonds. The summed E-state index contributed by atoms with van der Waals surface area (Å²) in [6.07, 6.45) is 29.1. The van der Waals surface area contributed by atoms with Crippen molar-refractivity contribution in [2.75, 3.05) is 0 Å². The van der Waals surface area contributed by atoms with Crippen LogP contribution in [0.1, 0.15) is 49.1 Å². The predicted octanol–water partition coefficient (Wildman–Crippen LogP) is 13.2. The highest BCUT2D eigenvalue weighted by Crippen LogP contribution is 2.43. The van der Waals surface area contributed by atoms with Gasteiger partial charge in [0.25, 0.3) is 0 Å². The molecule has 0 saturated heterocycles. The van der Waals surface area contributed by atoms with Gasteiger partial charge >= 0.3 is 0 Å². The lowest BCUT2D eigenvalue weighted by molar-refractivity contribution is 0.755. The summed E-state index contributed by atoms with van der Waals surface area (Å²) in [5, 5.41) is 11.3. The van der Waals surface area contributed by atoms with Gasteiger partial charge in [-0.25, -0.2) is 4.68 Å². The molecule has 3 nitrogen and oxygen atoms in total. The maximum atomic E-state index is 5.05. The lowest BCUT2D eigenvalue weighted by Crippen LogP contribution is -2.02. The van der Waals surface area contributed by atoms with E-state index in [9.17, 15) is 0 Å². The molecule has 5 aromatic carbocycles. The number of hydrogen-bond donors (Lipinski definition) is 0. The van der Waals surface area contributed by atoms with Crippen molar-refractivity contribution in [2.45, 2.75) is 39.0 Å². The van der Waals surface area contributed by atoms with Crippen molar-refractivity contribution in [1.82, 2.24) is 14.3 Å². The van der Waals surface area contributed by atoms with Crippen LogP contribution < -0.4 is 0 Å². The molecule has 1 unspecified atom stereocenters. The molecular formula is C49H41N3. The Labute approximate surface area is 305 Å². The summed E-state index contributed by atoms with van der Waals surface area (Å²) in [5.74, 6) is 0.333. The van der Waals surface area contributed by atoms with E-state index >= 15 is 0 Å². The minimum atomic E-state index is 0.333. The molecule has 0 saturated carbocycles. The second-order valence-electron chi connectivity index (χ2n) is 13.9. The Bertz CT molecular complexity index is 2670. The second kappa shape index (κ2) is 13.5. The fourth-order valence-electron chi connectivity index (χ4n) is 8.21. The highest BCUT2D eigenvalue weighted by atomic mass is 15.3. The van der Waals surface area contributed by atoms with Crippen LogP contribution in [0.5, 0.6) is 0 Å². The maximum absolute atomic E-state index is 5.05. The normalized spacial score (nSPS) is 16.0. The highest BCUT2D eigenvalue weighted by molar-refractivity contribution is 6.15. The molecule has 0 bridgehead atoms. The largest absolute Gasteiger partial charge is 0.313 e. The third-order valence-electron chi connectivity index (χ3n) is 10.7. The van der Waals surface area contributed by atoms with E-state index in [0.717, 1.165) is 36.2 Å². The summed E-state index contributed by atoms with van der Waals surface area (Å²) >= 11 is 0. The van der Waals surface area contributed by atoms with Crippen molar-refractivity contribution in [2.24, 2.45) is 0 Å². The maximum Gasteiger partial charge on any atom is 0.0741 e. The number of nitrogens with zero attached hydrogens (tertiary/aromatic N) is 3. The van der Waals surface area contributed by atoms with Gasteiger partial charge in [0.05, 0.1) is 17.4 Å². The van der Waals surface area contributed by atoms with Gasteiger partial charge in [-0.3, -0.25) is 0 Å². The molecule has 2 heterocycles. The topological polar surface area (TPSA) is 22.8 Å². The summed E-state index contributed by atoms with van der Waals surface area (Å²) in [4.78, 5) is 0. The fourth-order valence-corrected chi connectivity index (χ4v) is 8.21. The van der Waals surface area contributed by atoms with Crippen LogP contribution in [-0.4, -0.2) is 14.3 Å². The van der Waals surface area contributed by atoms with E-state index in [4.69, 9.17) is 5.10 Å². The molecule has 2 aliphatic carbocycles.